The molecule has 0 fully saturated rings. The van der Waals surface area contributed by atoms with Crippen LogP contribution in [0.25, 0.3) is 16.8 Å². The van der Waals surface area contributed by atoms with Crippen LogP contribution >= 0.6 is 0 Å². The fourth-order valence-corrected chi connectivity index (χ4v) is 8.24. The van der Waals surface area contributed by atoms with Crippen molar-refractivity contribution < 1.29 is 91.5 Å². The molecule has 0 aliphatic heterocycles. The smallest absolute Gasteiger partial charge is 0.296 e. The molecule has 0 amide bonds. The fourth-order valence-electron chi connectivity index (χ4n) is 5.85. The number of hydrazone groups is 1. The molecular weight excluding hydrogens is 925 g/mol. The van der Waals surface area contributed by atoms with E-state index in [1.54, 1.807) is 0 Å². The van der Waals surface area contributed by atoms with Crippen molar-refractivity contribution in [3.63, 3.8) is 0 Å². The summed E-state index contributed by atoms with van der Waals surface area (Å²) >= 11 is 0. The number of anilines is 1. The summed E-state index contributed by atoms with van der Waals surface area (Å²) in [4.78, 5) is 9.79. The van der Waals surface area contributed by atoms with E-state index in [2.05, 4.69) is 25.9 Å². The van der Waals surface area contributed by atoms with Crippen molar-refractivity contribution in [1.82, 2.24) is 0 Å². The summed E-state index contributed by atoms with van der Waals surface area (Å²) in [6.07, 6.45) is 0.649. The van der Waals surface area contributed by atoms with Gasteiger partial charge in [0, 0.05) is 24.3 Å². The van der Waals surface area contributed by atoms with E-state index < -0.39 is 116 Å². The molecule has 0 unspecified atom stereocenters. The first-order valence-electron chi connectivity index (χ1n) is 16.6. The Morgan fingerprint density at radius 3 is 1.92 bits per heavy atom. The summed E-state index contributed by atoms with van der Waals surface area (Å²) in [5.41, 5.74) is -0.836. The number of benzene rings is 5. The minimum atomic E-state index is -5.22. The summed E-state index contributed by atoms with van der Waals surface area (Å²) < 4.78 is 145. The Kier molecular flexibility index (Phi) is 11.7. The standard InChI is InChI=1S/C34H26N6O19S4/c1-58-25-11-17(3-5-21(25)35-37-31-27(62(52,53)54)9-15-7-19(60(46,47)48)13-23(41)29(15)33(31)43)39-40(45)18-4-6-22(26(12-18)59-2)36-38-32-28(63(55,56)57)10-16-8-20(61(49,50)51)14-24(42)30(16)34(32)44/h3-14,45H,1-2H3,(H7,36,41,42,43,44,46,47,48,49,50,51,52,53,54,55,56,57)/p+1. The Morgan fingerprint density at radius 2 is 1.32 bits per heavy atom. The molecule has 9 N–H and O–H groups in total. The van der Waals surface area contributed by atoms with Gasteiger partial charge in [-0.25, -0.2) is 0 Å². The molecule has 6 rings (SSSR count). The van der Waals surface area contributed by atoms with Gasteiger partial charge in [0.05, 0.1) is 51.8 Å². The highest BCUT2D eigenvalue weighted by Crippen LogP contribution is 2.46. The topological polar surface area (TPSA) is 398 Å². The fraction of sp³-hybridized carbons (Fsp3) is 0.0588. The molecule has 0 spiro atoms. The van der Waals surface area contributed by atoms with Crippen molar-refractivity contribution in [2.45, 2.75) is 14.7 Å². The van der Waals surface area contributed by atoms with Gasteiger partial charge in [0.1, 0.15) is 49.0 Å². The maximum atomic E-state index is 13.3. The number of phenols is 3. The number of aromatic hydroxyl groups is 3. The molecule has 5 aromatic rings. The maximum absolute atomic E-state index is 13.3. The van der Waals surface area contributed by atoms with Crippen LogP contribution in [-0.4, -0.2) is 103 Å². The molecule has 0 saturated carbocycles. The normalized spacial score (nSPS) is 14.5. The second kappa shape index (κ2) is 16.3. The van der Waals surface area contributed by atoms with Gasteiger partial charge in [-0.1, -0.05) is 0 Å². The summed E-state index contributed by atoms with van der Waals surface area (Å²) in [6, 6.07) is 10.5. The van der Waals surface area contributed by atoms with Gasteiger partial charge in [-0.2, -0.15) is 38.8 Å². The Hall–Kier alpha value is -7.12. The first kappa shape index (κ1) is 45.4. The van der Waals surface area contributed by atoms with Crippen molar-refractivity contribution in [1.29, 1.82) is 0 Å². The van der Waals surface area contributed by atoms with Gasteiger partial charge in [-0.15, -0.1) is 10.2 Å². The van der Waals surface area contributed by atoms with Crippen LogP contribution in [-0.2, 0) is 40.5 Å². The number of allylic oxidation sites excluding steroid dienone is 1. The minimum absolute atomic E-state index is 0.00693. The quantitative estimate of drug-likeness (QED) is 0.0349. The van der Waals surface area contributed by atoms with Crippen molar-refractivity contribution in [3.8, 4) is 28.7 Å². The highest BCUT2D eigenvalue weighted by Gasteiger charge is 2.36. The third-order valence-electron chi connectivity index (χ3n) is 8.67. The van der Waals surface area contributed by atoms with Crippen molar-refractivity contribution in [2.75, 3.05) is 19.6 Å². The molecule has 330 valence electrons. The molecule has 63 heavy (non-hydrogen) atoms. The van der Waals surface area contributed by atoms with Crippen LogP contribution in [0.2, 0.25) is 0 Å². The monoisotopic (exact) mass is 951 g/mol. The van der Waals surface area contributed by atoms with Crippen molar-refractivity contribution in [2.24, 2.45) is 20.4 Å². The first-order chi connectivity index (χ1) is 29.2. The van der Waals surface area contributed by atoms with Crippen LogP contribution in [0.4, 0.5) is 28.4 Å². The van der Waals surface area contributed by atoms with E-state index in [9.17, 15) is 77.2 Å². The van der Waals surface area contributed by atoms with Crippen LogP contribution in [0.5, 0.6) is 28.7 Å². The lowest BCUT2D eigenvalue weighted by Crippen LogP contribution is -2.27. The molecule has 0 heterocycles. The lowest BCUT2D eigenvalue weighted by molar-refractivity contribution is -0.761. The number of hydrogen-bond donors (Lipinski definition) is 9. The van der Waals surface area contributed by atoms with Crippen LogP contribution in [0.1, 0.15) is 15.9 Å². The number of phenolic OH excluding ortho intramolecular Hbond substituents is 3. The van der Waals surface area contributed by atoms with E-state index in [0.717, 1.165) is 6.07 Å². The van der Waals surface area contributed by atoms with Crippen LogP contribution in [0.3, 0.4) is 0 Å². The minimum Gasteiger partial charge on any atom is -0.507 e. The molecule has 0 saturated heterocycles. The van der Waals surface area contributed by atoms with Gasteiger partial charge in [0.15, 0.2) is 17.2 Å². The van der Waals surface area contributed by atoms with Crippen molar-refractivity contribution in [3.05, 3.63) is 82.8 Å². The van der Waals surface area contributed by atoms with Crippen LogP contribution in [0, 0.1) is 0 Å². The van der Waals surface area contributed by atoms with Crippen LogP contribution in [0.15, 0.2) is 107 Å². The molecule has 1 aliphatic carbocycles. The largest absolute Gasteiger partial charge is 0.507 e. The Morgan fingerprint density at radius 1 is 0.683 bits per heavy atom. The summed E-state index contributed by atoms with van der Waals surface area (Å²) in [6.45, 7) is 0. The summed E-state index contributed by atoms with van der Waals surface area (Å²) in [7, 11) is -17.9. The van der Waals surface area contributed by atoms with E-state index in [1.807, 2.05) is 0 Å². The Bertz CT molecular complexity index is 3410. The van der Waals surface area contributed by atoms with E-state index in [4.69, 9.17) is 9.47 Å². The van der Waals surface area contributed by atoms with Gasteiger partial charge < -0.3 is 24.8 Å². The van der Waals surface area contributed by atoms with Gasteiger partial charge >= 0.3 is 0 Å². The molecule has 0 radical (unpaired) electrons. The van der Waals surface area contributed by atoms with Crippen molar-refractivity contribution >= 4 is 97.3 Å². The third-order valence-corrected chi connectivity index (χ3v) is 12.1. The number of fused-ring (bicyclic) bond motifs is 2. The molecule has 1 aliphatic rings. The molecular formula is C34H27N6O19S4+. The number of nitrogens with one attached hydrogen (secondary N) is 1. The number of carbonyl (C=O) groups is 1. The molecule has 0 aromatic heterocycles. The summed E-state index contributed by atoms with van der Waals surface area (Å²) in [5.74, 6) is -4.42. The Labute approximate surface area is 353 Å². The molecule has 25 nitrogen and oxygen atoms in total. The zero-order valence-electron chi connectivity index (χ0n) is 31.4. The number of ether oxygens (including phenoxy) is 2. The zero-order chi connectivity index (χ0) is 46.6. The van der Waals surface area contributed by atoms with Gasteiger partial charge in [0.2, 0.25) is 5.78 Å². The SMILES string of the molecule is COc1cc([N+](O)=Nc2ccc(NN=C3C(=O)c4c(O)cc(S(=O)(=O)O)cc4C=C3S(=O)(=O)O)c(OC)c2)ccc1N=Nc1c(S(=O)(=O)O)cc2cc(S(=O)(=O)O)cc(O)c2c1O. The molecule has 0 atom stereocenters. The average molecular weight is 952 g/mol. The number of nitrogens with zero attached hydrogens (tertiary/aromatic N) is 5. The lowest BCUT2D eigenvalue weighted by atomic mass is 9.94. The number of Topliss-reactive ketones (excluding diaryl/α,β-unsaturated/α-hetero) is 1. The van der Waals surface area contributed by atoms with E-state index in [1.165, 1.54) is 50.6 Å². The highest BCUT2D eigenvalue weighted by atomic mass is 32.2. The Balaban J connectivity index is 1.30. The van der Waals surface area contributed by atoms with Gasteiger partial charge in [-0.05, 0) is 53.4 Å². The molecule has 0 bridgehead atoms. The van der Waals surface area contributed by atoms with Gasteiger partial charge in [0.25, 0.3) is 46.2 Å². The third kappa shape index (κ3) is 9.24. The zero-order valence-corrected chi connectivity index (χ0v) is 34.6. The number of ketones is 1. The van der Waals surface area contributed by atoms with E-state index in [0.29, 0.717) is 35.2 Å². The van der Waals surface area contributed by atoms with E-state index in [-0.39, 0.29) is 34.2 Å². The molecule has 29 heteroatoms. The lowest BCUT2D eigenvalue weighted by Gasteiger charge is -2.18. The van der Waals surface area contributed by atoms with Gasteiger partial charge in [-0.3, -0.25) is 33.6 Å². The second-order valence-electron chi connectivity index (χ2n) is 12.7. The summed E-state index contributed by atoms with van der Waals surface area (Å²) in [5, 5.41) is 57.0. The predicted molar refractivity (Wildman–Crippen MR) is 214 cm³/mol. The number of rotatable bonds is 12. The predicted octanol–water partition coefficient (Wildman–Crippen LogP) is 4.84. The van der Waals surface area contributed by atoms with E-state index >= 15 is 0 Å². The number of carbonyl (C=O) groups excluding carboxylic acids is 1. The highest BCUT2D eigenvalue weighted by molar-refractivity contribution is 7.91. The number of azo groups is 2. The first-order valence-corrected chi connectivity index (χ1v) is 22.4. The number of hydrogen-bond acceptors (Lipinski definition) is 19. The molecule has 5 aromatic carbocycles. The average Bonchev–Trinajstić information content (AvgIpc) is 3.18. The maximum Gasteiger partial charge on any atom is 0.296 e. The van der Waals surface area contributed by atoms with Crippen LogP contribution < -0.4 is 14.9 Å². The second-order valence-corrected chi connectivity index (χ2v) is 18.3. The number of methoxy groups -OCH3 is 2.